The Morgan fingerprint density at radius 3 is 2.62 bits per heavy atom. The first kappa shape index (κ1) is 18.1. The van der Waals surface area contributed by atoms with E-state index < -0.39 is 10.5 Å². The highest BCUT2D eigenvalue weighted by Gasteiger charge is 2.24. The van der Waals surface area contributed by atoms with Crippen LogP contribution >= 0.6 is 0 Å². The molecule has 0 atom stereocenters. The Bertz CT molecular complexity index is 1270. The minimum Gasteiger partial charge on any atom is -0.618 e. The van der Waals surface area contributed by atoms with Crippen molar-refractivity contribution in [3.63, 3.8) is 0 Å². The van der Waals surface area contributed by atoms with E-state index in [1.165, 1.54) is 24.3 Å². The topological polar surface area (TPSA) is 114 Å². The zero-order valence-corrected chi connectivity index (χ0v) is 15.0. The van der Waals surface area contributed by atoms with E-state index in [0.29, 0.717) is 10.4 Å². The monoisotopic (exact) mass is 390 g/mol. The van der Waals surface area contributed by atoms with Crippen LogP contribution < -0.4 is 15.1 Å². The van der Waals surface area contributed by atoms with Crippen LogP contribution in [0.2, 0.25) is 0 Å². The average molecular weight is 390 g/mol. The number of nitrogens with zero attached hydrogens (tertiary/aromatic N) is 4. The third kappa shape index (κ3) is 3.36. The maximum Gasteiger partial charge on any atom is 0.357 e. The summed E-state index contributed by atoms with van der Waals surface area (Å²) < 4.78 is 1.49. The van der Waals surface area contributed by atoms with Gasteiger partial charge < -0.3 is 10.0 Å². The van der Waals surface area contributed by atoms with Crippen molar-refractivity contribution in [1.82, 2.24) is 9.71 Å². The third-order valence-corrected chi connectivity index (χ3v) is 4.31. The first-order valence-corrected chi connectivity index (χ1v) is 8.61. The zero-order chi connectivity index (χ0) is 20.4. The van der Waals surface area contributed by atoms with E-state index in [2.05, 4.69) is 4.98 Å². The molecule has 9 nitrogen and oxygen atoms in total. The number of nitro benzene ring substituents is 1. The number of hydrogen-bond acceptors (Lipinski definition) is 6. The standard InChI is InChI=1S/C20H14N4O5/c25-20-19(14-6-5-8-16(12-14)24(27)28)22(26)17-9-1-2-10-18(17)23(20)29-13-15-7-3-4-11-21-15/h1-12H,13H2. The van der Waals surface area contributed by atoms with E-state index in [1.54, 1.807) is 48.7 Å². The molecule has 0 spiro atoms. The van der Waals surface area contributed by atoms with Crippen molar-refractivity contribution in [1.29, 1.82) is 0 Å². The zero-order valence-electron chi connectivity index (χ0n) is 15.0. The number of aromatic nitrogens is 3. The molecular weight excluding hydrogens is 376 g/mol. The molecule has 0 aliphatic carbocycles. The van der Waals surface area contributed by atoms with Crippen LogP contribution in [0.3, 0.4) is 0 Å². The molecule has 0 amide bonds. The van der Waals surface area contributed by atoms with Gasteiger partial charge in [-0.25, -0.2) is 0 Å². The van der Waals surface area contributed by atoms with E-state index in [4.69, 9.17) is 4.84 Å². The van der Waals surface area contributed by atoms with Gasteiger partial charge in [-0.05, 0) is 24.3 Å². The molecule has 4 rings (SSSR count). The van der Waals surface area contributed by atoms with E-state index in [0.717, 1.165) is 4.73 Å². The fourth-order valence-corrected chi connectivity index (χ4v) is 2.97. The molecule has 0 fully saturated rings. The summed E-state index contributed by atoms with van der Waals surface area (Å²) in [5.74, 6) is 0. The summed E-state index contributed by atoms with van der Waals surface area (Å²) in [4.78, 5) is 33.5. The second-order valence-electron chi connectivity index (χ2n) is 6.13. The number of fused-ring (bicyclic) bond motifs is 1. The summed E-state index contributed by atoms with van der Waals surface area (Å²) in [7, 11) is 0. The van der Waals surface area contributed by atoms with Crippen molar-refractivity contribution in [2.24, 2.45) is 0 Å². The van der Waals surface area contributed by atoms with E-state index in [-0.39, 0.29) is 34.6 Å². The Labute approximate surface area is 163 Å². The lowest BCUT2D eigenvalue weighted by molar-refractivity contribution is -0.566. The van der Waals surface area contributed by atoms with Crippen LogP contribution in [0.25, 0.3) is 22.3 Å². The Morgan fingerprint density at radius 1 is 1.07 bits per heavy atom. The maximum atomic E-state index is 13.1. The number of pyridine rings is 1. The van der Waals surface area contributed by atoms with Crippen molar-refractivity contribution in [2.45, 2.75) is 6.61 Å². The van der Waals surface area contributed by atoms with Gasteiger partial charge in [0.2, 0.25) is 5.52 Å². The highest BCUT2D eigenvalue weighted by Crippen LogP contribution is 2.20. The molecule has 2 aromatic heterocycles. The lowest BCUT2D eigenvalue weighted by Gasteiger charge is -2.14. The number of hydrogen-bond donors (Lipinski definition) is 0. The van der Waals surface area contributed by atoms with Gasteiger partial charge in [-0.15, -0.1) is 4.73 Å². The van der Waals surface area contributed by atoms with Gasteiger partial charge in [-0.1, -0.05) is 24.3 Å². The second-order valence-corrected chi connectivity index (χ2v) is 6.13. The van der Waals surface area contributed by atoms with Crippen LogP contribution in [0.1, 0.15) is 5.69 Å². The largest absolute Gasteiger partial charge is 0.618 e. The summed E-state index contributed by atoms with van der Waals surface area (Å²) >= 11 is 0. The summed E-state index contributed by atoms with van der Waals surface area (Å²) in [6.45, 7) is 0.00197. The summed E-state index contributed by atoms with van der Waals surface area (Å²) in [5, 5.41) is 24.0. The van der Waals surface area contributed by atoms with Gasteiger partial charge in [0, 0.05) is 24.4 Å². The molecule has 0 unspecified atom stereocenters. The van der Waals surface area contributed by atoms with Crippen molar-refractivity contribution in [3.05, 3.63) is 104 Å². The Hall–Kier alpha value is -4.27. The smallest absolute Gasteiger partial charge is 0.357 e. The fourth-order valence-electron chi connectivity index (χ4n) is 2.97. The molecule has 0 radical (unpaired) electrons. The predicted molar refractivity (Wildman–Crippen MR) is 104 cm³/mol. The number of rotatable bonds is 5. The van der Waals surface area contributed by atoms with Gasteiger partial charge in [0.05, 0.1) is 16.2 Å². The van der Waals surface area contributed by atoms with E-state index in [1.807, 2.05) is 0 Å². The number of nitro groups is 1. The van der Waals surface area contributed by atoms with Gasteiger partial charge in [0.1, 0.15) is 0 Å². The molecule has 2 heterocycles. The molecule has 29 heavy (non-hydrogen) atoms. The normalized spacial score (nSPS) is 10.8. The van der Waals surface area contributed by atoms with Crippen LogP contribution in [-0.2, 0) is 6.61 Å². The maximum absolute atomic E-state index is 13.1. The van der Waals surface area contributed by atoms with Crippen LogP contribution in [0.4, 0.5) is 5.69 Å². The van der Waals surface area contributed by atoms with Crippen LogP contribution in [-0.4, -0.2) is 14.6 Å². The van der Waals surface area contributed by atoms with E-state index in [9.17, 15) is 20.1 Å². The number of benzene rings is 2. The van der Waals surface area contributed by atoms with Crippen LogP contribution in [0.15, 0.2) is 77.7 Å². The molecule has 0 saturated carbocycles. The summed E-state index contributed by atoms with van der Waals surface area (Å²) in [6, 6.07) is 17.1. The summed E-state index contributed by atoms with van der Waals surface area (Å²) in [5.41, 5.74) is -0.0360. The van der Waals surface area contributed by atoms with Crippen molar-refractivity contribution in [3.8, 4) is 11.3 Å². The lowest BCUT2D eigenvalue weighted by Crippen LogP contribution is -2.42. The first-order valence-electron chi connectivity index (χ1n) is 8.61. The minimum absolute atomic E-state index is 0.00197. The van der Waals surface area contributed by atoms with Gasteiger partial charge >= 0.3 is 5.56 Å². The molecule has 0 aliphatic heterocycles. The van der Waals surface area contributed by atoms with Crippen LogP contribution in [0, 0.1) is 15.3 Å². The van der Waals surface area contributed by atoms with Crippen LogP contribution in [0.5, 0.6) is 0 Å². The second kappa shape index (κ2) is 7.39. The Kier molecular flexibility index (Phi) is 4.62. The van der Waals surface area contributed by atoms with Crippen molar-refractivity contribution in [2.75, 3.05) is 0 Å². The molecule has 144 valence electrons. The van der Waals surface area contributed by atoms with Crippen molar-refractivity contribution < 1.29 is 14.5 Å². The quantitative estimate of drug-likeness (QED) is 0.223. The minimum atomic E-state index is -0.727. The Morgan fingerprint density at radius 2 is 1.86 bits per heavy atom. The van der Waals surface area contributed by atoms with Gasteiger partial charge in [0.25, 0.3) is 11.4 Å². The van der Waals surface area contributed by atoms with Gasteiger partial charge in [0.15, 0.2) is 12.1 Å². The molecule has 0 bridgehead atoms. The average Bonchev–Trinajstić information content (AvgIpc) is 2.75. The third-order valence-electron chi connectivity index (χ3n) is 4.31. The molecule has 0 aliphatic rings. The van der Waals surface area contributed by atoms with Gasteiger partial charge in [-0.2, -0.15) is 4.73 Å². The molecular formula is C20H14N4O5. The van der Waals surface area contributed by atoms with Crippen molar-refractivity contribution >= 4 is 16.7 Å². The lowest BCUT2D eigenvalue weighted by atomic mass is 10.1. The number of para-hydroxylation sites is 2. The number of non-ortho nitro benzene ring substituents is 1. The fraction of sp³-hybridized carbons (Fsp3) is 0.0500. The first-order chi connectivity index (χ1) is 14.1. The van der Waals surface area contributed by atoms with E-state index >= 15 is 0 Å². The molecule has 0 N–H and O–H groups in total. The molecule has 9 heteroatoms. The molecule has 4 aromatic rings. The molecule has 0 saturated heterocycles. The molecule has 2 aromatic carbocycles. The predicted octanol–water partition coefficient (Wildman–Crippen LogP) is 2.23. The summed E-state index contributed by atoms with van der Waals surface area (Å²) in [6.07, 6.45) is 1.60. The van der Waals surface area contributed by atoms with Gasteiger partial charge in [-0.3, -0.25) is 19.9 Å². The SMILES string of the molecule is O=c1c(-c2cccc([N+](=O)[O-])c2)[n+]([O-])c2ccccc2n1OCc1ccccn1. The Balaban J connectivity index is 1.90. The highest BCUT2D eigenvalue weighted by atomic mass is 16.7. The highest BCUT2D eigenvalue weighted by molar-refractivity contribution is 5.73.